The van der Waals surface area contributed by atoms with Crippen molar-refractivity contribution in [2.45, 2.75) is 0 Å². The number of nitrogens with one attached hydrogen (secondary N) is 1. The van der Waals surface area contributed by atoms with Crippen LogP contribution in [0, 0.1) is 0 Å². The minimum absolute atomic E-state index is 0.241. The summed E-state index contributed by atoms with van der Waals surface area (Å²) < 4.78 is 10.2. The Morgan fingerprint density at radius 2 is 2.13 bits per heavy atom. The predicted molar refractivity (Wildman–Crippen MR) is 52.3 cm³/mol. The van der Waals surface area contributed by atoms with Crippen molar-refractivity contribution >= 4 is 11.0 Å². The summed E-state index contributed by atoms with van der Waals surface area (Å²) in [5, 5.41) is 6.82. The van der Waals surface area contributed by atoms with E-state index in [0.717, 1.165) is 11.0 Å². The van der Waals surface area contributed by atoms with Gasteiger partial charge in [-0.15, -0.1) is 5.10 Å². The first-order valence-electron chi connectivity index (χ1n) is 4.37. The Labute approximate surface area is 83.3 Å². The van der Waals surface area contributed by atoms with Crippen LogP contribution in [0.4, 0.5) is 0 Å². The lowest BCUT2D eigenvalue weighted by molar-refractivity contribution is 0.525. The molecule has 3 rings (SSSR count). The maximum Gasteiger partial charge on any atom is 0.434 e. The molecule has 0 amide bonds. The first-order valence-corrected chi connectivity index (χ1v) is 4.37. The first kappa shape index (κ1) is 8.05. The Morgan fingerprint density at radius 1 is 1.27 bits per heavy atom. The minimum Gasteiger partial charge on any atom is -0.463 e. The Bertz CT molecular complexity index is 662. The number of hydrogen-bond acceptors (Lipinski definition) is 4. The van der Waals surface area contributed by atoms with E-state index >= 15 is 0 Å². The van der Waals surface area contributed by atoms with Gasteiger partial charge in [-0.3, -0.25) is 0 Å². The molecular formula is C10H6N2O3. The van der Waals surface area contributed by atoms with Crippen LogP contribution in [-0.2, 0) is 0 Å². The van der Waals surface area contributed by atoms with Crippen LogP contribution < -0.4 is 5.76 Å². The molecule has 5 nitrogen and oxygen atoms in total. The summed E-state index contributed by atoms with van der Waals surface area (Å²) in [6.45, 7) is 0. The topological polar surface area (TPSA) is 72.0 Å². The van der Waals surface area contributed by atoms with E-state index in [4.69, 9.17) is 8.83 Å². The van der Waals surface area contributed by atoms with Gasteiger partial charge in [-0.25, -0.2) is 9.89 Å². The number of H-pyrrole nitrogens is 1. The fraction of sp³-hybridized carbons (Fsp3) is 0. The molecule has 5 heteroatoms. The molecule has 0 aliphatic rings. The number of fused-ring (bicyclic) bond motifs is 1. The molecule has 0 fully saturated rings. The molecule has 0 atom stereocenters. The highest BCUT2D eigenvalue weighted by Gasteiger charge is 2.12. The molecule has 15 heavy (non-hydrogen) atoms. The number of furan rings is 1. The van der Waals surface area contributed by atoms with E-state index < -0.39 is 5.76 Å². The van der Waals surface area contributed by atoms with Crippen molar-refractivity contribution < 1.29 is 8.83 Å². The molecule has 0 aliphatic heterocycles. The van der Waals surface area contributed by atoms with Crippen LogP contribution in [0.3, 0.4) is 0 Å². The van der Waals surface area contributed by atoms with Gasteiger partial charge in [-0.2, -0.15) is 0 Å². The second-order valence-electron chi connectivity index (χ2n) is 3.06. The third-order valence-corrected chi connectivity index (χ3v) is 2.15. The Hall–Kier alpha value is -2.30. The van der Waals surface area contributed by atoms with Gasteiger partial charge in [0.05, 0.1) is 5.56 Å². The number of nitrogens with zero attached hydrogens (tertiary/aromatic N) is 1. The number of aromatic amines is 1. The van der Waals surface area contributed by atoms with E-state index in [1.165, 1.54) is 6.26 Å². The van der Waals surface area contributed by atoms with Crippen LogP contribution in [-0.4, -0.2) is 10.2 Å². The van der Waals surface area contributed by atoms with Gasteiger partial charge in [-0.1, -0.05) is 18.2 Å². The van der Waals surface area contributed by atoms with Crippen molar-refractivity contribution in [3.8, 4) is 11.5 Å². The Kier molecular flexibility index (Phi) is 1.53. The SMILES string of the molecule is O=c1[nH]nc(-c2coc3ccccc23)o1. The van der Waals surface area contributed by atoms with E-state index in [1.54, 1.807) is 0 Å². The molecule has 3 aromatic rings. The van der Waals surface area contributed by atoms with Gasteiger partial charge < -0.3 is 8.83 Å². The van der Waals surface area contributed by atoms with Gasteiger partial charge in [-0.05, 0) is 6.07 Å². The van der Waals surface area contributed by atoms with Crippen molar-refractivity contribution in [1.29, 1.82) is 0 Å². The molecule has 0 saturated carbocycles. The third-order valence-electron chi connectivity index (χ3n) is 2.15. The number of hydrogen-bond donors (Lipinski definition) is 1. The van der Waals surface area contributed by atoms with Gasteiger partial charge in [0.1, 0.15) is 11.8 Å². The van der Waals surface area contributed by atoms with E-state index in [2.05, 4.69) is 10.2 Å². The molecule has 0 radical (unpaired) electrons. The highest BCUT2D eigenvalue weighted by Crippen LogP contribution is 2.27. The number of para-hydroxylation sites is 1. The predicted octanol–water partition coefficient (Wildman–Crippen LogP) is 1.78. The molecule has 2 aromatic heterocycles. The zero-order valence-electron chi connectivity index (χ0n) is 7.56. The van der Waals surface area contributed by atoms with Crippen LogP contribution in [0.2, 0.25) is 0 Å². The fourth-order valence-corrected chi connectivity index (χ4v) is 1.49. The highest BCUT2D eigenvalue weighted by molar-refractivity contribution is 5.91. The van der Waals surface area contributed by atoms with Crippen LogP contribution in [0.15, 0.2) is 44.2 Å². The van der Waals surface area contributed by atoms with Gasteiger partial charge in [0.25, 0.3) is 5.89 Å². The summed E-state index contributed by atoms with van der Waals surface area (Å²) in [5.74, 6) is -0.333. The molecule has 0 saturated heterocycles. The van der Waals surface area contributed by atoms with E-state index in [-0.39, 0.29) is 5.89 Å². The monoisotopic (exact) mass is 202 g/mol. The summed E-state index contributed by atoms with van der Waals surface area (Å²) in [7, 11) is 0. The maximum absolute atomic E-state index is 10.8. The molecule has 1 aromatic carbocycles. The molecule has 1 N–H and O–H groups in total. The Balaban J connectivity index is 2.32. The summed E-state index contributed by atoms with van der Waals surface area (Å²) >= 11 is 0. The van der Waals surface area contributed by atoms with Crippen LogP contribution in [0.1, 0.15) is 0 Å². The van der Waals surface area contributed by atoms with Crippen LogP contribution >= 0.6 is 0 Å². The normalized spacial score (nSPS) is 10.9. The zero-order valence-corrected chi connectivity index (χ0v) is 7.56. The van der Waals surface area contributed by atoms with E-state index in [9.17, 15) is 4.79 Å². The quantitative estimate of drug-likeness (QED) is 0.652. The van der Waals surface area contributed by atoms with Gasteiger partial charge in [0, 0.05) is 5.39 Å². The van der Waals surface area contributed by atoms with Crippen molar-refractivity contribution in [2.75, 3.05) is 0 Å². The lowest BCUT2D eigenvalue weighted by atomic mass is 10.2. The third kappa shape index (κ3) is 1.17. The lowest BCUT2D eigenvalue weighted by Crippen LogP contribution is -1.93. The number of benzene rings is 1. The van der Waals surface area contributed by atoms with Gasteiger partial charge in [0.2, 0.25) is 0 Å². The average Bonchev–Trinajstić information content (AvgIpc) is 2.83. The molecule has 0 aliphatic carbocycles. The second kappa shape index (κ2) is 2.84. The summed E-state index contributed by atoms with van der Waals surface area (Å²) in [4.78, 5) is 10.8. The van der Waals surface area contributed by atoms with E-state index in [0.29, 0.717) is 5.56 Å². The van der Waals surface area contributed by atoms with Crippen molar-refractivity contribution in [3.05, 3.63) is 41.1 Å². The minimum atomic E-state index is -0.574. The smallest absolute Gasteiger partial charge is 0.434 e. The standard InChI is InChI=1S/C10H6N2O3/c13-10-12-11-9(15-10)7-5-14-8-4-2-1-3-6(7)8/h1-5H,(H,12,13). The van der Waals surface area contributed by atoms with Crippen molar-refractivity contribution in [3.63, 3.8) is 0 Å². The molecule has 0 unspecified atom stereocenters. The second-order valence-corrected chi connectivity index (χ2v) is 3.06. The fourth-order valence-electron chi connectivity index (χ4n) is 1.49. The molecule has 74 valence electrons. The zero-order chi connectivity index (χ0) is 10.3. The maximum atomic E-state index is 10.8. The van der Waals surface area contributed by atoms with Crippen molar-refractivity contribution in [1.82, 2.24) is 10.2 Å². The van der Waals surface area contributed by atoms with Gasteiger partial charge in [0.15, 0.2) is 0 Å². The van der Waals surface area contributed by atoms with E-state index in [1.807, 2.05) is 24.3 Å². The Morgan fingerprint density at radius 3 is 2.93 bits per heavy atom. The first-order chi connectivity index (χ1) is 7.34. The van der Waals surface area contributed by atoms with Crippen LogP contribution in [0.25, 0.3) is 22.4 Å². The number of aromatic nitrogens is 2. The summed E-state index contributed by atoms with van der Waals surface area (Å²) in [6.07, 6.45) is 1.52. The van der Waals surface area contributed by atoms with Crippen molar-refractivity contribution in [2.24, 2.45) is 0 Å². The number of rotatable bonds is 1. The van der Waals surface area contributed by atoms with Gasteiger partial charge >= 0.3 is 5.76 Å². The molecule has 0 bridgehead atoms. The van der Waals surface area contributed by atoms with Crippen LogP contribution in [0.5, 0.6) is 0 Å². The molecular weight excluding hydrogens is 196 g/mol. The molecule has 0 spiro atoms. The average molecular weight is 202 g/mol. The summed E-state index contributed by atoms with van der Waals surface area (Å²) in [5.41, 5.74) is 1.40. The highest BCUT2D eigenvalue weighted by atomic mass is 16.4. The lowest BCUT2D eigenvalue weighted by Gasteiger charge is -1.88. The largest absolute Gasteiger partial charge is 0.463 e. The molecule has 2 heterocycles. The summed E-state index contributed by atoms with van der Waals surface area (Å²) in [6, 6.07) is 7.47.